The number of ether oxygens (including phenoxy) is 1. The van der Waals surface area contributed by atoms with Crippen LogP contribution in [0.3, 0.4) is 0 Å². The summed E-state index contributed by atoms with van der Waals surface area (Å²) in [5.74, 6) is -3.52. The third kappa shape index (κ3) is 2.12. The molecule has 1 N–H and O–H groups in total. The Balaban J connectivity index is 3.31. The third-order valence-corrected chi connectivity index (χ3v) is 1.81. The molecule has 0 saturated heterocycles. The lowest BCUT2D eigenvalue weighted by molar-refractivity contribution is -0.130. The molecule has 3 nitrogen and oxygen atoms in total. The molecule has 0 bridgehead atoms. The summed E-state index contributed by atoms with van der Waals surface area (Å²) in [4.78, 5) is 10.5. The fourth-order valence-corrected chi connectivity index (χ4v) is 1.06. The summed E-state index contributed by atoms with van der Waals surface area (Å²) in [6, 6.07) is 1.79. The molecule has 0 aliphatic heterocycles. The van der Waals surface area contributed by atoms with Crippen LogP contribution < -0.4 is 4.74 Å². The summed E-state index contributed by atoms with van der Waals surface area (Å²) in [5, 5.41) is 8.55. The van der Waals surface area contributed by atoms with Gasteiger partial charge in [-0.25, -0.2) is 13.6 Å². The van der Waals surface area contributed by atoms with Crippen LogP contribution in [0.1, 0.15) is 5.56 Å². The Morgan fingerprint density at radius 3 is 2.20 bits per heavy atom. The monoisotopic (exact) mass is 214 g/mol. The third-order valence-electron chi connectivity index (χ3n) is 1.81. The first kappa shape index (κ1) is 11.2. The number of hydrogen-bond donors (Lipinski definition) is 1. The first-order chi connectivity index (χ1) is 6.97. The van der Waals surface area contributed by atoms with Crippen LogP contribution >= 0.6 is 0 Å². The molecule has 1 aromatic rings. The van der Waals surface area contributed by atoms with Gasteiger partial charge in [0.2, 0.25) is 0 Å². The van der Waals surface area contributed by atoms with Crippen LogP contribution in [-0.4, -0.2) is 18.2 Å². The van der Waals surface area contributed by atoms with E-state index in [0.29, 0.717) is 0 Å². The first-order valence-electron chi connectivity index (χ1n) is 3.93. The van der Waals surface area contributed by atoms with Crippen LogP contribution in [0.5, 0.6) is 5.75 Å². The lowest BCUT2D eigenvalue weighted by Crippen LogP contribution is -2.04. The van der Waals surface area contributed by atoms with Crippen molar-refractivity contribution >= 4 is 11.5 Å². The normalized spacial score (nSPS) is 9.80. The molecule has 80 valence electrons. The van der Waals surface area contributed by atoms with E-state index in [1.165, 1.54) is 7.11 Å². The second kappa shape index (κ2) is 4.08. The van der Waals surface area contributed by atoms with E-state index in [1.807, 2.05) is 0 Å². The van der Waals surface area contributed by atoms with Gasteiger partial charge in [-0.3, -0.25) is 0 Å². The molecular formula is C10H8F2O3. The molecule has 0 unspecified atom stereocenters. The number of carboxylic acid groups (broad SMARTS) is 1. The minimum absolute atomic E-state index is 0.0214. The van der Waals surface area contributed by atoms with Gasteiger partial charge in [0.25, 0.3) is 0 Å². The van der Waals surface area contributed by atoms with Crippen LogP contribution in [0, 0.1) is 11.6 Å². The van der Waals surface area contributed by atoms with Crippen LogP contribution in [0.25, 0.3) is 5.57 Å². The van der Waals surface area contributed by atoms with Gasteiger partial charge in [0.15, 0.2) is 0 Å². The topological polar surface area (TPSA) is 46.5 Å². The van der Waals surface area contributed by atoms with Crippen molar-refractivity contribution in [1.29, 1.82) is 0 Å². The zero-order chi connectivity index (χ0) is 11.6. The summed E-state index contributed by atoms with van der Waals surface area (Å²) in [5.41, 5.74) is -1.28. The number of benzene rings is 1. The van der Waals surface area contributed by atoms with Gasteiger partial charge in [0, 0.05) is 12.1 Å². The van der Waals surface area contributed by atoms with Crippen molar-refractivity contribution in [2.75, 3.05) is 7.11 Å². The number of carbonyl (C=O) groups is 1. The van der Waals surface area contributed by atoms with Gasteiger partial charge in [-0.15, -0.1) is 0 Å². The molecule has 1 rings (SSSR count). The minimum Gasteiger partial charge on any atom is -0.497 e. The standard InChI is InChI=1S/C10H8F2O3/c1-5(10(13)14)9-7(11)3-6(15-2)4-8(9)12/h3-4H,1H2,2H3,(H,13,14). The Bertz CT molecular complexity index is 404. The highest BCUT2D eigenvalue weighted by molar-refractivity contribution is 6.14. The number of aliphatic carboxylic acids is 1. The van der Waals surface area contributed by atoms with Gasteiger partial charge < -0.3 is 9.84 Å². The predicted molar refractivity (Wildman–Crippen MR) is 49.6 cm³/mol. The fraction of sp³-hybridized carbons (Fsp3) is 0.100. The van der Waals surface area contributed by atoms with Crippen molar-refractivity contribution in [2.45, 2.75) is 0 Å². The van der Waals surface area contributed by atoms with E-state index in [9.17, 15) is 13.6 Å². The lowest BCUT2D eigenvalue weighted by atomic mass is 10.1. The second-order valence-electron chi connectivity index (χ2n) is 2.75. The SMILES string of the molecule is C=C(C(=O)O)c1c(F)cc(OC)cc1F. The zero-order valence-electron chi connectivity index (χ0n) is 7.88. The molecule has 0 radical (unpaired) electrons. The Morgan fingerprint density at radius 2 is 1.87 bits per heavy atom. The molecule has 0 aliphatic carbocycles. The van der Waals surface area contributed by atoms with Crippen molar-refractivity contribution in [3.8, 4) is 5.75 Å². The van der Waals surface area contributed by atoms with Gasteiger partial charge >= 0.3 is 5.97 Å². The minimum atomic E-state index is -1.47. The molecule has 0 saturated carbocycles. The largest absolute Gasteiger partial charge is 0.497 e. The Kier molecular flexibility index (Phi) is 3.04. The molecule has 0 fully saturated rings. The molecular weight excluding hydrogens is 206 g/mol. The van der Waals surface area contributed by atoms with E-state index in [2.05, 4.69) is 11.3 Å². The number of rotatable bonds is 3. The molecule has 0 heterocycles. The van der Waals surface area contributed by atoms with Crippen molar-refractivity contribution in [2.24, 2.45) is 0 Å². The number of methoxy groups -OCH3 is 1. The Hall–Kier alpha value is -1.91. The van der Waals surface area contributed by atoms with Crippen LogP contribution in [0.2, 0.25) is 0 Å². The highest BCUT2D eigenvalue weighted by Crippen LogP contribution is 2.25. The molecule has 0 spiro atoms. The van der Waals surface area contributed by atoms with Crippen molar-refractivity contribution in [1.82, 2.24) is 0 Å². The fourth-order valence-electron chi connectivity index (χ4n) is 1.06. The van der Waals surface area contributed by atoms with E-state index in [1.54, 1.807) is 0 Å². The van der Waals surface area contributed by atoms with E-state index in [-0.39, 0.29) is 5.75 Å². The predicted octanol–water partition coefficient (Wildman–Crippen LogP) is 2.07. The van der Waals surface area contributed by atoms with E-state index in [0.717, 1.165) is 12.1 Å². The van der Waals surface area contributed by atoms with E-state index in [4.69, 9.17) is 5.11 Å². The highest BCUT2D eigenvalue weighted by atomic mass is 19.1. The molecule has 0 amide bonds. The van der Waals surface area contributed by atoms with Crippen molar-refractivity contribution < 1.29 is 23.4 Å². The molecule has 0 aromatic heterocycles. The van der Waals surface area contributed by atoms with Gasteiger partial charge in [0.05, 0.1) is 18.2 Å². The Morgan fingerprint density at radius 1 is 1.40 bits per heavy atom. The van der Waals surface area contributed by atoms with Gasteiger partial charge in [-0.2, -0.15) is 0 Å². The van der Waals surface area contributed by atoms with Crippen LogP contribution in [-0.2, 0) is 4.79 Å². The zero-order valence-corrected chi connectivity index (χ0v) is 7.88. The van der Waals surface area contributed by atoms with Crippen molar-refractivity contribution in [3.63, 3.8) is 0 Å². The Labute approximate surface area is 84.6 Å². The van der Waals surface area contributed by atoms with Crippen LogP contribution in [0.4, 0.5) is 8.78 Å². The summed E-state index contributed by atoms with van der Waals surface area (Å²) < 4.78 is 31.1. The molecule has 15 heavy (non-hydrogen) atoms. The van der Waals surface area contributed by atoms with Gasteiger partial charge in [-0.05, 0) is 0 Å². The van der Waals surface area contributed by atoms with Gasteiger partial charge in [0.1, 0.15) is 17.4 Å². The summed E-state index contributed by atoms with van der Waals surface area (Å²) in [7, 11) is 1.25. The number of carboxylic acids is 1. The maximum atomic E-state index is 13.3. The number of hydrogen-bond acceptors (Lipinski definition) is 2. The molecule has 5 heteroatoms. The summed E-state index contributed by atoms with van der Waals surface area (Å²) in [6.07, 6.45) is 0. The second-order valence-corrected chi connectivity index (χ2v) is 2.75. The van der Waals surface area contributed by atoms with Crippen LogP contribution in [0.15, 0.2) is 18.7 Å². The summed E-state index contributed by atoms with van der Waals surface area (Å²) >= 11 is 0. The average molecular weight is 214 g/mol. The highest BCUT2D eigenvalue weighted by Gasteiger charge is 2.18. The van der Waals surface area contributed by atoms with Crippen molar-refractivity contribution in [3.05, 3.63) is 35.9 Å². The van der Waals surface area contributed by atoms with E-state index < -0.39 is 28.7 Å². The molecule has 1 aromatic carbocycles. The first-order valence-corrected chi connectivity index (χ1v) is 3.93. The quantitative estimate of drug-likeness (QED) is 0.783. The van der Waals surface area contributed by atoms with Gasteiger partial charge in [-0.1, -0.05) is 6.58 Å². The smallest absolute Gasteiger partial charge is 0.335 e. The maximum Gasteiger partial charge on any atom is 0.335 e. The lowest BCUT2D eigenvalue weighted by Gasteiger charge is -2.06. The van der Waals surface area contributed by atoms with E-state index >= 15 is 0 Å². The molecule has 0 aliphatic rings. The summed E-state index contributed by atoms with van der Waals surface area (Å²) in [6.45, 7) is 3.08. The average Bonchev–Trinajstić information content (AvgIpc) is 2.16. The maximum absolute atomic E-state index is 13.3. The number of halogens is 2. The molecule has 0 atom stereocenters.